The van der Waals surface area contributed by atoms with Gasteiger partial charge in [0.1, 0.15) is 10.3 Å². The van der Waals surface area contributed by atoms with E-state index in [0.717, 1.165) is 35.5 Å². The average molecular weight is 258 g/mol. The minimum Gasteiger partial charge on any atom is -0.347 e. The molecule has 0 unspecified atom stereocenters. The van der Waals surface area contributed by atoms with Crippen molar-refractivity contribution in [2.75, 3.05) is 0 Å². The van der Waals surface area contributed by atoms with Gasteiger partial charge in [0.2, 0.25) is 0 Å². The van der Waals surface area contributed by atoms with E-state index in [2.05, 4.69) is 41.2 Å². The van der Waals surface area contributed by atoms with Gasteiger partial charge >= 0.3 is 0 Å². The molecule has 2 nitrogen and oxygen atoms in total. The first kappa shape index (κ1) is 13.0. The molecule has 0 bridgehead atoms. The smallest absolute Gasteiger partial charge is 0.130 e. The zero-order valence-corrected chi connectivity index (χ0v) is 11.9. The van der Waals surface area contributed by atoms with Gasteiger partial charge in [-0.15, -0.1) is 0 Å². The minimum atomic E-state index is 0.715. The number of aromatic amines is 1. The van der Waals surface area contributed by atoms with Gasteiger partial charge in [-0.2, -0.15) is 0 Å². The molecular weight excluding hydrogens is 240 g/mol. The Kier molecular flexibility index (Phi) is 3.92. The van der Waals surface area contributed by atoms with Crippen LogP contribution in [-0.2, 0) is 6.42 Å². The Morgan fingerprint density at radius 2 is 2.06 bits per heavy atom. The number of hydrogen-bond acceptors (Lipinski definition) is 2. The molecule has 2 rings (SSSR count). The normalized spacial score (nSPS) is 10.6. The standard InChI is InChI=1S/C15H18N2S/c1-4-6-12-7-5-8-13(9-12)14-15(18)17-11(3)10(2)16-14/h5,7-9H,4,6H2,1-3H3,(H,17,18). The van der Waals surface area contributed by atoms with E-state index in [-0.39, 0.29) is 0 Å². The Hall–Kier alpha value is -1.48. The Morgan fingerprint density at radius 3 is 2.78 bits per heavy atom. The summed E-state index contributed by atoms with van der Waals surface area (Å²) in [5, 5.41) is 0. The summed E-state index contributed by atoms with van der Waals surface area (Å²) < 4.78 is 0.715. The molecule has 0 radical (unpaired) electrons. The maximum atomic E-state index is 5.37. The summed E-state index contributed by atoms with van der Waals surface area (Å²) in [6.45, 7) is 6.18. The first-order chi connectivity index (χ1) is 8.61. The largest absolute Gasteiger partial charge is 0.347 e. The van der Waals surface area contributed by atoms with Crippen molar-refractivity contribution < 1.29 is 0 Å². The average Bonchev–Trinajstić information content (AvgIpc) is 2.34. The van der Waals surface area contributed by atoms with Crippen molar-refractivity contribution in [1.82, 2.24) is 9.97 Å². The second kappa shape index (κ2) is 5.44. The van der Waals surface area contributed by atoms with Gasteiger partial charge in [0.15, 0.2) is 0 Å². The van der Waals surface area contributed by atoms with Crippen LogP contribution in [-0.4, -0.2) is 9.97 Å². The van der Waals surface area contributed by atoms with Crippen LogP contribution in [0.2, 0.25) is 0 Å². The van der Waals surface area contributed by atoms with Gasteiger partial charge in [0, 0.05) is 11.3 Å². The molecule has 1 N–H and O–H groups in total. The van der Waals surface area contributed by atoms with Crippen molar-refractivity contribution in [2.24, 2.45) is 0 Å². The van der Waals surface area contributed by atoms with Gasteiger partial charge in [-0.25, -0.2) is 4.98 Å². The fourth-order valence-corrected chi connectivity index (χ4v) is 2.30. The Labute approximate surface area is 113 Å². The van der Waals surface area contributed by atoms with Crippen LogP contribution in [0.25, 0.3) is 11.3 Å². The van der Waals surface area contributed by atoms with Crippen LogP contribution in [0.4, 0.5) is 0 Å². The van der Waals surface area contributed by atoms with Crippen molar-refractivity contribution in [1.29, 1.82) is 0 Å². The van der Waals surface area contributed by atoms with Crippen LogP contribution >= 0.6 is 12.2 Å². The number of nitrogens with one attached hydrogen (secondary N) is 1. The van der Waals surface area contributed by atoms with Crippen LogP contribution in [0.3, 0.4) is 0 Å². The molecule has 1 aromatic heterocycles. The molecule has 94 valence electrons. The van der Waals surface area contributed by atoms with Crippen molar-refractivity contribution in [2.45, 2.75) is 33.6 Å². The van der Waals surface area contributed by atoms with E-state index in [4.69, 9.17) is 12.2 Å². The number of benzene rings is 1. The molecule has 3 heteroatoms. The molecule has 0 amide bonds. The van der Waals surface area contributed by atoms with Crippen LogP contribution in [0.15, 0.2) is 24.3 Å². The summed E-state index contributed by atoms with van der Waals surface area (Å²) >= 11 is 5.37. The van der Waals surface area contributed by atoms with E-state index in [1.54, 1.807) is 0 Å². The highest BCUT2D eigenvalue weighted by Gasteiger charge is 2.05. The van der Waals surface area contributed by atoms with Gasteiger partial charge < -0.3 is 4.98 Å². The molecule has 2 aromatic rings. The maximum absolute atomic E-state index is 5.37. The lowest BCUT2D eigenvalue weighted by Gasteiger charge is -2.07. The molecule has 0 aliphatic rings. The fraction of sp³-hybridized carbons (Fsp3) is 0.333. The highest BCUT2D eigenvalue weighted by atomic mass is 32.1. The van der Waals surface area contributed by atoms with Crippen molar-refractivity contribution >= 4 is 12.2 Å². The first-order valence-electron chi connectivity index (χ1n) is 6.28. The van der Waals surface area contributed by atoms with Crippen LogP contribution < -0.4 is 0 Å². The molecule has 0 atom stereocenters. The van der Waals surface area contributed by atoms with Gasteiger partial charge in [0.05, 0.1) is 5.69 Å². The van der Waals surface area contributed by atoms with Crippen molar-refractivity contribution in [3.63, 3.8) is 0 Å². The number of hydrogen-bond donors (Lipinski definition) is 1. The molecule has 18 heavy (non-hydrogen) atoms. The molecule has 0 saturated carbocycles. The van der Waals surface area contributed by atoms with E-state index in [1.807, 2.05) is 13.8 Å². The molecule has 0 aliphatic carbocycles. The summed E-state index contributed by atoms with van der Waals surface area (Å²) in [7, 11) is 0. The van der Waals surface area contributed by atoms with Crippen molar-refractivity contribution in [3.8, 4) is 11.3 Å². The quantitative estimate of drug-likeness (QED) is 0.828. The van der Waals surface area contributed by atoms with Crippen LogP contribution in [0, 0.1) is 18.5 Å². The molecule has 0 saturated heterocycles. The van der Waals surface area contributed by atoms with Gasteiger partial charge in [-0.05, 0) is 31.9 Å². The topological polar surface area (TPSA) is 28.7 Å². The third kappa shape index (κ3) is 2.67. The van der Waals surface area contributed by atoms with Gasteiger partial charge in [0.25, 0.3) is 0 Å². The molecule has 0 aliphatic heterocycles. The lowest BCUT2D eigenvalue weighted by molar-refractivity contribution is 0.922. The summed E-state index contributed by atoms with van der Waals surface area (Å²) in [6.07, 6.45) is 2.24. The molecule has 1 heterocycles. The zero-order valence-electron chi connectivity index (χ0n) is 11.1. The minimum absolute atomic E-state index is 0.715. The number of rotatable bonds is 3. The highest BCUT2D eigenvalue weighted by Crippen LogP contribution is 2.20. The van der Waals surface area contributed by atoms with Gasteiger partial charge in [-0.1, -0.05) is 43.8 Å². The van der Waals surface area contributed by atoms with E-state index in [9.17, 15) is 0 Å². The second-order valence-electron chi connectivity index (χ2n) is 4.58. The molecule has 1 aromatic carbocycles. The third-order valence-corrected chi connectivity index (χ3v) is 3.37. The predicted molar refractivity (Wildman–Crippen MR) is 78.3 cm³/mol. The van der Waals surface area contributed by atoms with E-state index >= 15 is 0 Å². The lowest BCUT2D eigenvalue weighted by atomic mass is 10.0. The molecular formula is C15H18N2S. The Morgan fingerprint density at radius 1 is 1.28 bits per heavy atom. The number of H-pyrrole nitrogens is 1. The Bertz CT molecular complexity index is 614. The third-order valence-electron chi connectivity index (χ3n) is 3.08. The van der Waals surface area contributed by atoms with Gasteiger partial charge in [-0.3, -0.25) is 0 Å². The summed E-state index contributed by atoms with van der Waals surface area (Å²) in [5.74, 6) is 0. The lowest BCUT2D eigenvalue weighted by Crippen LogP contribution is -1.96. The SMILES string of the molecule is CCCc1cccc(-c2nc(C)c(C)[nH]c2=S)c1. The van der Waals surface area contributed by atoms with E-state index < -0.39 is 0 Å². The second-order valence-corrected chi connectivity index (χ2v) is 4.98. The van der Waals surface area contributed by atoms with Crippen molar-refractivity contribution in [3.05, 3.63) is 45.9 Å². The Balaban J connectivity index is 2.51. The fourth-order valence-electron chi connectivity index (χ4n) is 1.98. The first-order valence-corrected chi connectivity index (χ1v) is 6.69. The molecule has 0 spiro atoms. The highest BCUT2D eigenvalue weighted by molar-refractivity contribution is 7.71. The van der Waals surface area contributed by atoms with Crippen LogP contribution in [0.5, 0.6) is 0 Å². The number of nitrogens with zero attached hydrogens (tertiary/aromatic N) is 1. The monoisotopic (exact) mass is 258 g/mol. The summed E-state index contributed by atoms with van der Waals surface area (Å²) in [5.41, 5.74) is 5.36. The number of aromatic nitrogens is 2. The summed E-state index contributed by atoms with van der Waals surface area (Å²) in [6, 6.07) is 8.48. The maximum Gasteiger partial charge on any atom is 0.130 e. The van der Waals surface area contributed by atoms with E-state index in [1.165, 1.54) is 5.56 Å². The predicted octanol–water partition coefficient (Wildman–Crippen LogP) is 4.38. The molecule has 0 fully saturated rings. The summed E-state index contributed by atoms with van der Waals surface area (Å²) in [4.78, 5) is 7.82. The zero-order chi connectivity index (χ0) is 13.1. The van der Waals surface area contributed by atoms with E-state index in [0.29, 0.717) is 4.64 Å². The van der Waals surface area contributed by atoms with Crippen LogP contribution in [0.1, 0.15) is 30.3 Å². The number of aryl methyl sites for hydroxylation is 3.